The van der Waals surface area contributed by atoms with E-state index in [4.69, 9.17) is 5.73 Å². The molecular weight excluding hydrogens is 422 g/mol. The zero-order valence-corrected chi connectivity index (χ0v) is 22.2. The molecule has 1 heterocycles. The van der Waals surface area contributed by atoms with Crippen LogP contribution in [0.5, 0.6) is 0 Å². The molecule has 1 aliphatic rings. The molecule has 196 valence electrons. The van der Waals surface area contributed by atoms with Crippen LogP contribution >= 0.6 is 0 Å². The topological polar surface area (TPSA) is 75.7 Å². The van der Waals surface area contributed by atoms with Crippen molar-refractivity contribution in [2.75, 3.05) is 19.6 Å². The molecule has 0 amide bonds. The Kier molecular flexibility index (Phi) is 18.8. The van der Waals surface area contributed by atoms with E-state index in [2.05, 4.69) is 24.1 Å². The van der Waals surface area contributed by atoms with Gasteiger partial charge in [0.1, 0.15) is 12.7 Å². The minimum absolute atomic E-state index is 0.0409. The number of carbonyl (C=O) groups is 1. The van der Waals surface area contributed by atoms with Crippen LogP contribution in [-0.2, 0) is 4.79 Å². The molecule has 1 rings (SSSR count). The van der Waals surface area contributed by atoms with E-state index in [9.17, 15) is 9.90 Å². The van der Waals surface area contributed by atoms with Crippen LogP contribution in [0.3, 0.4) is 0 Å². The Morgan fingerprint density at radius 2 is 1.35 bits per heavy atom. The lowest BCUT2D eigenvalue weighted by atomic mass is 10.1. The lowest BCUT2D eigenvalue weighted by Crippen LogP contribution is -2.52. The Bertz CT molecular complexity index is 600. The Balaban J connectivity index is 1.91. The summed E-state index contributed by atoms with van der Waals surface area (Å²) in [7, 11) is 0. The number of amidine groups is 1. The number of allylic oxidation sites excluding steroid dienone is 2. The fourth-order valence-corrected chi connectivity index (χ4v) is 4.87. The highest BCUT2D eigenvalue weighted by Crippen LogP contribution is 2.21. The molecule has 0 saturated carbocycles. The Morgan fingerprint density at radius 3 is 1.85 bits per heavy atom. The van der Waals surface area contributed by atoms with Crippen LogP contribution in [0.4, 0.5) is 0 Å². The molecule has 1 aliphatic heterocycles. The van der Waals surface area contributed by atoms with E-state index in [1.807, 2.05) is 6.20 Å². The average molecular weight is 477 g/mol. The summed E-state index contributed by atoms with van der Waals surface area (Å²) in [6.45, 7) is 3.39. The predicted octanol–water partition coefficient (Wildman–Crippen LogP) is 7.72. The van der Waals surface area contributed by atoms with Gasteiger partial charge < -0.3 is 10.8 Å². The van der Waals surface area contributed by atoms with Crippen LogP contribution in [0.1, 0.15) is 129 Å². The molecule has 0 saturated heterocycles. The first-order chi connectivity index (χ1) is 16.6. The van der Waals surface area contributed by atoms with E-state index in [1.165, 1.54) is 109 Å². The van der Waals surface area contributed by atoms with Gasteiger partial charge in [-0.15, -0.1) is 0 Å². The zero-order valence-electron chi connectivity index (χ0n) is 22.2. The number of carboxylic acid groups (broad SMARTS) is 1. The van der Waals surface area contributed by atoms with Gasteiger partial charge in [0.25, 0.3) is 0 Å². The molecule has 0 bridgehead atoms. The molecular formula is C29H54N3O2+. The van der Waals surface area contributed by atoms with Crippen molar-refractivity contribution < 1.29 is 14.4 Å². The number of quaternary nitrogens is 1. The number of unbranched alkanes of at least 4 members (excludes halogenated alkanes) is 16. The molecule has 1 unspecified atom stereocenters. The number of hydrogen-bond acceptors (Lipinski definition) is 3. The maximum Gasteiger partial charge on any atom is 0.360 e. The minimum Gasteiger partial charge on any atom is -0.477 e. The van der Waals surface area contributed by atoms with Crippen LogP contribution in [0.25, 0.3) is 0 Å². The number of hydrogen-bond donors (Lipinski definition) is 2. The van der Waals surface area contributed by atoms with Crippen molar-refractivity contribution in [1.82, 2.24) is 0 Å². The van der Waals surface area contributed by atoms with Gasteiger partial charge in [-0.1, -0.05) is 103 Å². The summed E-state index contributed by atoms with van der Waals surface area (Å²) in [6.07, 6.45) is 33.2. The van der Waals surface area contributed by atoms with Crippen molar-refractivity contribution in [1.29, 1.82) is 0 Å². The highest BCUT2D eigenvalue weighted by molar-refractivity contribution is 5.81. The number of carboxylic acids is 1. The van der Waals surface area contributed by atoms with Crippen LogP contribution in [0, 0.1) is 0 Å². The van der Waals surface area contributed by atoms with Crippen LogP contribution < -0.4 is 5.73 Å². The van der Waals surface area contributed by atoms with Crippen molar-refractivity contribution in [3.63, 3.8) is 0 Å². The van der Waals surface area contributed by atoms with Crippen LogP contribution in [0.15, 0.2) is 29.5 Å². The largest absolute Gasteiger partial charge is 0.477 e. The Labute approximate surface area is 210 Å². The number of nitrogens with two attached hydrogens (primary N) is 1. The third-order valence-electron chi connectivity index (χ3n) is 6.95. The summed E-state index contributed by atoms with van der Waals surface area (Å²) in [4.78, 5) is 15.8. The predicted molar refractivity (Wildman–Crippen MR) is 146 cm³/mol. The molecule has 0 radical (unpaired) electrons. The quantitative estimate of drug-likeness (QED) is 0.0850. The average Bonchev–Trinajstić information content (AvgIpc) is 3.19. The maximum atomic E-state index is 11.3. The third-order valence-corrected chi connectivity index (χ3v) is 6.95. The molecule has 0 aromatic heterocycles. The van der Waals surface area contributed by atoms with Crippen molar-refractivity contribution in [3.8, 4) is 0 Å². The Morgan fingerprint density at radius 1 is 0.853 bits per heavy atom. The molecule has 34 heavy (non-hydrogen) atoms. The van der Waals surface area contributed by atoms with E-state index in [0.29, 0.717) is 17.6 Å². The fraction of sp³-hybridized carbons (Fsp3) is 0.793. The standard InChI is InChI=1S/C29H53N3O2/c1-2-3-4-5-6-7-8-9-10-11-12-13-14-15-16-17-18-19-20-21-22-28-31-24-26-32(28,25-23-30)27-29(33)34/h13-14,24,26H,2-12,15-23,25,27,30H2,1H3/p+1/b14-13+. The normalized spacial score (nSPS) is 17.6. The van der Waals surface area contributed by atoms with E-state index < -0.39 is 5.97 Å². The van der Waals surface area contributed by atoms with Crippen molar-refractivity contribution >= 4 is 11.8 Å². The second kappa shape index (κ2) is 20.9. The molecule has 0 aliphatic carbocycles. The summed E-state index contributed by atoms with van der Waals surface area (Å²) in [5.74, 6) is 0.158. The van der Waals surface area contributed by atoms with Gasteiger partial charge in [-0.05, 0) is 32.1 Å². The highest BCUT2D eigenvalue weighted by Gasteiger charge is 2.36. The molecule has 3 N–H and O–H groups in total. The van der Waals surface area contributed by atoms with Crippen LogP contribution in [0.2, 0.25) is 0 Å². The molecule has 0 fully saturated rings. The van der Waals surface area contributed by atoms with Crippen molar-refractivity contribution in [2.24, 2.45) is 10.7 Å². The van der Waals surface area contributed by atoms with Gasteiger partial charge in [-0.25, -0.2) is 14.3 Å². The van der Waals surface area contributed by atoms with E-state index in [0.717, 1.165) is 18.7 Å². The summed E-state index contributed by atoms with van der Waals surface area (Å²) >= 11 is 0. The van der Waals surface area contributed by atoms with Gasteiger partial charge >= 0.3 is 5.97 Å². The minimum atomic E-state index is -0.801. The first kappa shape index (κ1) is 30.6. The van der Waals surface area contributed by atoms with Gasteiger partial charge in [0.15, 0.2) is 6.54 Å². The first-order valence-corrected chi connectivity index (χ1v) is 14.3. The monoisotopic (exact) mass is 476 g/mol. The number of aliphatic carboxylic acids is 1. The van der Waals surface area contributed by atoms with Gasteiger partial charge in [-0.3, -0.25) is 0 Å². The fourth-order valence-electron chi connectivity index (χ4n) is 4.87. The maximum absolute atomic E-state index is 11.3. The molecule has 0 aromatic carbocycles. The molecule has 5 heteroatoms. The van der Waals surface area contributed by atoms with Gasteiger partial charge in [0.2, 0.25) is 5.84 Å². The van der Waals surface area contributed by atoms with E-state index in [1.54, 1.807) is 6.20 Å². The Hall–Kier alpha value is -1.46. The molecule has 5 nitrogen and oxygen atoms in total. The second-order valence-electron chi connectivity index (χ2n) is 10.0. The van der Waals surface area contributed by atoms with Crippen molar-refractivity contribution in [2.45, 2.75) is 129 Å². The van der Waals surface area contributed by atoms with Gasteiger partial charge in [-0.2, -0.15) is 0 Å². The number of rotatable bonds is 24. The second-order valence-corrected chi connectivity index (χ2v) is 10.0. The molecule has 0 aromatic rings. The third kappa shape index (κ3) is 14.7. The zero-order chi connectivity index (χ0) is 24.7. The lowest BCUT2D eigenvalue weighted by Gasteiger charge is -2.30. The highest BCUT2D eigenvalue weighted by atomic mass is 16.4. The van der Waals surface area contributed by atoms with Crippen LogP contribution in [-0.4, -0.2) is 41.0 Å². The molecule has 1 atom stereocenters. The number of aliphatic imine (C=N–C) groups is 1. The van der Waals surface area contributed by atoms with E-state index >= 15 is 0 Å². The number of nitrogens with zero attached hydrogens (tertiary/aromatic N) is 2. The summed E-state index contributed by atoms with van der Waals surface area (Å²) in [5, 5.41) is 9.27. The van der Waals surface area contributed by atoms with Gasteiger partial charge in [0.05, 0.1) is 6.20 Å². The van der Waals surface area contributed by atoms with Crippen molar-refractivity contribution in [3.05, 3.63) is 24.6 Å². The van der Waals surface area contributed by atoms with E-state index in [-0.39, 0.29) is 6.54 Å². The smallest absolute Gasteiger partial charge is 0.360 e. The van der Waals surface area contributed by atoms with Gasteiger partial charge in [0, 0.05) is 13.0 Å². The lowest BCUT2D eigenvalue weighted by molar-refractivity contribution is -0.778. The molecule has 0 spiro atoms. The summed E-state index contributed by atoms with van der Waals surface area (Å²) < 4.78 is 0.303. The first-order valence-electron chi connectivity index (χ1n) is 14.3. The summed E-state index contributed by atoms with van der Waals surface area (Å²) in [6, 6.07) is 0. The SMILES string of the molecule is CCCCCCCCCCCC/C=C/CCCCCCCCC1=NC=C[N+]1(CCN)CC(=O)O. The summed E-state index contributed by atoms with van der Waals surface area (Å²) in [5.41, 5.74) is 5.74.